The molecule has 0 aliphatic carbocycles. The van der Waals surface area contributed by atoms with Crippen molar-refractivity contribution in [1.29, 1.82) is 0 Å². The van der Waals surface area contributed by atoms with E-state index in [1.165, 1.54) is 25.9 Å². The number of hydrogen-bond donors (Lipinski definition) is 2. The van der Waals surface area contributed by atoms with Crippen LogP contribution in [0.4, 0.5) is 0 Å². The van der Waals surface area contributed by atoms with Crippen LogP contribution in [-0.4, -0.2) is 29.6 Å². The van der Waals surface area contributed by atoms with Gasteiger partial charge in [-0.2, -0.15) is 0 Å². The molecule has 0 unspecified atom stereocenters. The van der Waals surface area contributed by atoms with Gasteiger partial charge in [0.2, 0.25) is 0 Å². The number of thiol groups is 1. The minimum absolute atomic E-state index is 0.263. The molecule has 0 aromatic rings. The molecular weight excluding hydrogens is 158 g/mol. The predicted octanol–water partition coefficient (Wildman–Crippen LogP) is 1.41. The van der Waals surface area contributed by atoms with Gasteiger partial charge in [-0.3, -0.25) is 4.90 Å². The smallest absolute Gasteiger partial charge is 0.147 e. The highest BCUT2D eigenvalue weighted by Gasteiger charge is 2.30. The van der Waals surface area contributed by atoms with Gasteiger partial charge in [0.05, 0.1) is 0 Å². The number of hydrogen-bond acceptors (Lipinski definition) is 3. The second-order valence-corrected chi connectivity index (χ2v) is 3.82. The number of aliphatic hydroxyl groups is 1. The van der Waals surface area contributed by atoms with Gasteiger partial charge in [0.25, 0.3) is 0 Å². The molecule has 11 heavy (non-hydrogen) atoms. The van der Waals surface area contributed by atoms with E-state index in [-0.39, 0.29) is 5.09 Å². The van der Waals surface area contributed by atoms with Gasteiger partial charge in [0, 0.05) is 6.54 Å². The molecule has 3 fully saturated rings. The highest BCUT2D eigenvalue weighted by Crippen LogP contribution is 2.33. The molecule has 0 amide bonds. The summed E-state index contributed by atoms with van der Waals surface area (Å²) >= 11 is 3.98. The zero-order chi connectivity index (χ0) is 7.84. The Bertz CT molecular complexity index is 190. The van der Waals surface area contributed by atoms with E-state index in [9.17, 15) is 5.11 Å². The van der Waals surface area contributed by atoms with E-state index in [4.69, 9.17) is 0 Å². The molecule has 2 bridgehead atoms. The van der Waals surface area contributed by atoms with Crippen molar-refractivity contribution in [2.75, 3.05) is 19.6 Å². The average Bonchev–Trinajstić information content (AvgIpc) is 2.06. The second-order valence-electron chi connectivity index (χ2n) is 3.40. The summed E-state index contributed by atoms with van der Waals surface area (Å²) in [6, 6.07) is 0. The van der Waals surface area contributed by atoms with Gasteiger partial charge < -0.3 is 5.11 Å². The van der Waals surface area contributed by atoms with Gasteiger partial charge in [0.15, 0.2) is 0 Å². The van der Waals surface area contributed by atoms with E-state index in [1.807, 2.05) is 0 Å². The molecule has 1 N–H and O–H groups in total. The van der Waals surface area contributed by atoms with E-state index < -0.39 is 0 Å². The molecule has 0 radical (unpaired) electrons. The molecule has 3 rings (SSSR count). The van der Waals surface area contributed by atoms with Crippen LogP contribution in [0.3, 0.4) is 0 Å². The molecule has 3 heterocycles. The van der Waals surface area contributed by atoms with Gasteiger partial charge >= 0.3 is 0 Å². The molecular formula is C8H13NOS. The first-order chi connectivity index (χ1) is 5.27. The third-order valence-electron chi connectivity index (χ3n) is 2.76. The maximum atomic E-state index is 9.22. The van der Waals surface area contributed by atoms with Crippen LogP contribution in [-0.2, 0) is 0 Å². The normalized spacial score (nSPS) is 40.8. The molecule has 3 aliphatic rings. The zero-order valence-corrected chi connectivity index (χ0v) is 7.35. The third-order valence-corrected chi connectivity index (χ3v) is 3.05. The van der Waals surface area contributed by atoms with Gasteiger partial charge in [-0.1, -0.05) is 0 Å². The van der Waals surface area contributed by atoms with E-state index in [2.05, 4.69) is 17.5 Å². The van der Waals surface area contributed by atoms with Crippen molar-refractivity contribution in [2.24, 2.45) is 5.92 Å². The Morgan fingerprint density at radius 1 is 1.45 bits per heavy atom. The molecule has 0 spiro atoms. The summed E-state index contributed by atoms with van der Waals surface area (Å²) in [6.07, 6.45) is 2.42. The first-order valence-corrected chi connectivity index (χ1v) is 4.55. The van der Waals surface area contributed by atoms with Crippen LogP contribution >= 0.6 is 12.6 Å². The lowest BCUT2D eigenvalue weighted by molar-refractivity contribution is 0.156. The highest BCUT2D eigenvalue weighted by atomic mass is 32.1. The fraction of sp³-hybridized carbons (Fsp3) is 0.750. The zero-order valence-electron chi connectivity index (χ0n) is 6.45. The molecule has 62 valence electrons. The van der Waals surface area contributed by atoms with Crippen LogP contribution < -0.4 is 0 Å². The standard InChI is InChI=1S/C8H13NOS/c10-8(11)7-5-9-3-1-6(7)2-4-9/h6,10-11H,1-5H2/b8-7-. The molecule has 3 saturated heterocycles. The maximum absolute atomic E-state index is 9.22. The number of rotatable bonds is 0. The quantitative estimate of drug-likeness (QED) is 0.425. The Kier molecular flexibility index (Phi) is 1.85. The summed E-state index contributed by atoms with van der Waals surface area (Å²) in [7, 11) is 0. The minimum atomic E-state index is 0.263. The van der Waals surface area contributed by atoms with E-state index in [0.29, 0.717) is 5.92 Å². The maximum Gasteiger partial charge on any atom is 0.147 e. The van der Waals surface area contributed by atoms with Crippen LogP contribution in [0.15, 0.2) is 10.7 Å². The van der Waals surface area contributed by atoms with Crippen molar-refractivity contribution in [3.05, 3.63) is 10.7 Å². The third kappa shape index (κ3) is 1.27. The molecule has 0 aromatic heterocycles. The Morgan fingerprint density at radius 2 is 2.09 bits per heavy atom. The van der Waals surface area contributed by atoms with E-state index in [1.54, 1.807) is 0 Å². The summed E-state index contributed by atoms with van der Waals surface area (Å²) in [5.41, 5.74) is 1.16. The Hall–Kier alpha value is -0.150. The van der Waals surface area contributed by atoms with Gasteiger partial charge in [-0.25, -0.2) is 0 Å². The number of piperidine rings is 3. The highest BCUT2D eigenvalue weighted by molar-refractivity contribution is 7.84. The van der Waals surface area contributed by atoms with Crippen LogP contribution in [0.25, 0.3) is 0 Å². The Morgan fingerprint density at radius 3 is 2.36 bits per heavy atom. The number of aliphatic hydroxyl groups excluding tert-OH is 1. The van der Waals surface area contributed by atoms with Crippen LogP contribution in [0.2, 0.25) is 0 Å². The van der Waals surface area contributed by atoms with Crippen LogP contribution in [0.1, 0.15) is 12.8 Å². The van der Waals surface area contributed by atoms with Crippen molar-refractivity contribution < 1.29 is 5.11 Å². The SMILES string of the molecule is O/C(S)=C1\CN2CCC1CC2. The molecule has 0 aromatic carbocycles. The summed E-state index contributed by atoms with van der Waals surface area (Å²) in [5.74, 6) is 0.623. The Balaban J connectivity index is 2.21. The van der Waals surface area contributed by atoms with E-state index in [0.717, 1.165) is 12.1 Å². The monoisotopic (exact) mass is 171 g/mol. The Labute approximate surface area is 72.3 Å². The van der Waals surface area contributed by atoms with Crippen molar-refractivity contribution in [1.82, 2.24) is 4.90 Å². The summed E-state index contributed by atoms with van der Waals surface area (Å²) in [4.78, 5) is 2.38. The topological polar surface area (TPSA) is 23.5 Å². The van der Waals surface area contributed by atoms with Gasteiger partial charge in [-0.15, -0.1) is 12.6 Å². The van der Waals surface area contributed by atoms with Crippen molar-refractivity contribution in [3.63, 3.8) is 0 Å². The van der Waals surface area contributed by atoms with Crippen LogP contribution in [0, 0.1) is 5.92 Å². The predicted molar refractivity (Wildman–Crippen MR) is 47.8 cm³/mol. The fourth-order valence-electron chi connectivity index (χ4n) is 2.06. The molecule has 0 saturated carbocycles. The van der Waals surface area contributed by atoms with Crippen LogP contribution in [0.5, 0.6) is 0 Å². The van der Waals surface area contributed by atoms with Gasteiger partial charge in [-0.05, 0) is 37.4 Å². The lowest BCUT2D eigenvalue weighted by Gasteiger charge is -2.40. The summed E-state index contributed by atoms with van der Waals surface area (Å²) in [6.45, 7) is 3.35. The first kappa shape index (κ1) is 7.50. The van der Waals surface area contributed by atoms with Crippen molar-refractivity contribution in [3.8, 4) is 0 Å². The summed E-state index contributed by atoms with van der Waals surface area (Å²) < 4.78 is 0. The number of fused-ring (bicyclic) bond motifs is 3. The van der Waals surface area contributed by atoms with E-state index >= 15 is 0 Å². The minimum Gasteiger partial charge on any atom is -0.502 e. The largest absolute Gasteiger partial charge is 0.502 e. The molecule has 3 heteroatoms. The lowest BCUT2D eigenvalue weighted by Crippen LogP contribution is -2.43. The first-order valence-electron chi connectivity index (χ1n) is 4.10. The molecule has 2 nitrogen and oxygen atoms in total. The average molecular weight is 171 g/mol. The number of nitrogens with zero attached hydrogens (tertiary/aromatic N) is 1. The lowest BCUT2D eigenvalue weighted by atomic mass is 9.84. The van der Waals surface area contributed by atoms with Crippen molar-refractivity contribution in [2.45, 2.75) is 12.8 Å². The summed E-state index contributed by atoms with van der Waals surface area (Å²) in [5, 5.41) is 9.48. The molecule has 3 aliphatic heterocycles. The second kappa shape index (κ2) is 2.72. The van der Waals surface area contributed by atoms with Crippen molar-refractivity contribution >= 4 is 12.6 Å². The fourth-order valence-corrected chi connectivity index (χ4v) is 2.32. The van der Waals surface area contributed by atoms with Gasteiger partial charge in [0.1, 0.15) is 5.09 Å². The molecule has 0 atom stereocenters.